The van der Waals surface area contributed by atoms with Gasteiger partial charge < -0.3 is 20.3 Å². The van der Waals surface area contributed by atoms with Crippen LogP contribution in [0.25, 0.3) is 0 Å². The van der Waals surface area contributed by atoms with Gasteiger partial charge in [-0.1, -0.05) is 24.3 Å². The molecule has 0 aliphatic rings. The Hall–Kier alpha value is -1.43. The van der Waals surface area contributed by atoms with E-state index in [-0.39, 0.29) is 13.0 Å². The van der Waals surface area contributed by atoms with Crippen molar-refractivity contribution in [2.24, 2.45) is 0 Å². The summed E-state index contributed by atoms with van der Waals surface area (Å²) in [4.78, 5) is 10.4. The van der Waals surface area contributed by atoms with Crippen LogP contribution >= 0.6 is 0 Å². The van der Waals surface area contributed by atoms with Crippen molar-refractivity contribution in [2.45, 2.75) is 25.7 Å². The monoisotopic (exact) mass is 253 g/mol. The van der Waals surface area contributed by atoms with Gasteiger partial charge in [0.2, 0.25) is 0 Å². The lowest BCUT2D eigenvalue weighted by atomic mass is 10.1. The first kappa shape index (κ1) is 14.6. The molecule has 0 aromatic heterocycles. The van der Waals surface area contributed by atoms with Gasteiger partial charge in [0.15, 0.2) is 0 Å². The number of carboxylic acids is 1. The molecular formula is C13H19NO4. The van der Waals surface area contributed by atoms with Gasteiger partial charge in [-0.25, -0.2) is 0 Å². The van der Waals surface area contributed by atoms with Crippen LogP contribution in [0.4, 0.5) is 0 Å². The van der Waals surface area contributed by atoms with Crippen molar-refractivity contribution in [1.29, 1.82) is 0 Å². The molecular weight excluding hydrogens is 234 g/mol. The second-order valence-corrected chi connectivity index (χ2v) is 4.14. The summed E-state index contributed by atoms with van der Waals surface area (Å²) in [5.74, 6) is -0.994. The van der Waals surface area contributed by atoms with E-state index in [1.165, 1.54) is 0 Å². The molecule has 18 heavy (non-hydrogen) atoms. The Morgan fingerprint density at radius 3 is 2.83 bits per heavy atom. The van der Waals surface area contributed by atoms with E-state index >= 15 is 0 Å². The fraction of sp³-hybridized carbons (Fsp3) is 0.462. The highest BCUT2D eigenvalue weighted by Gasteiger charge is 2.08. The Labute approximate surface area is 106 Å². The standard InChI is InChI=1S/C13H19NO4/c1-18-9-11-4-2-3-10(5-11)7-14-8-12(15)6-13(16)17/h2-5,12,14-15H,6-9H2,1H3,(H,16,17). The number of carbonyl (C=O) groups is 1. The lowest BCUT2D eigenvalue weighted by Crippen LogP contribution is -2.28. The highest BCUT2D eigenvalue weighted by atomic mass is 16.5. The highest BCUT2D eigenvalue weighted by Crippen LogP contribution is 2.06. The fourth-order valence-electron chi connectivity index (χ4n) is 1.65. The van der Waals surface area contributed by atoms with Gasteiger partial charge in [-0.2, -0.15) is 0 Å². The zero-order valence-corrected chi connectivity index (χ0v) is 10.4. The van der Waals surface area contributed by atoms with Gasteiger partial charge in [-0.15, -0.1) is 0 Å². The van der Waals surface area contributed by atoms with Crippen LogP contribution in [0.3, 0.4) is 0 Å². The molecule has 0 saturated heterocycles. The largest absolute Gasteiger partial charge is 0.481 e. The van der Waals surface area contributed by atoms with E-state index in [1.54, 1.807) is 7.11 Å². The summed E-state index contributed by atoms with van der Waals surface area (Å²) in [5, 5.41) is 20.9. The van der Waals surface area contributed by atoms with Crippen LogP contribution < -0.4 is 5.32 Å². The van der Waals surface area contributed by atoms with E-state index < -0.39 is 12.1 Å². The molecule has 0 aliphatic carbocycles. The lowest BCUT2D eigenvalue weighted by molar-refractivity contribution is -0.139. The molecule has 5 nitrogen and oxygen atoms in total. The molecule has 0 amide bonds. The third kappa shape index (κ3) is 5.77. The lowest BCUT2D eigenvalue weighted by Gasteiger charge is -2.10. The van der Waals surface area contributed by atoms with Crippen LogP contribution in [0, 0.1) is 0 Å². The van der Waals surface area contributed by atoms with E-state index in [1.807, 2.05) is 24.3 Å². The molecule has 3 N–H and O–H groups in total. The first-order valence-corrected chi connectivity index (χ1v) is 5.79. The average Bonchev–Trinajstić information content (AvgIpc) is 2.29. The number of hydrogen-bond acceptors (Lipinski definition) is 4. The zero-order chi connectivity index (χ0) is 13.4. The number of nitrogens with one attached hydrogen (secondary N) is 1. The molecule has 0 bridgehead atoms. The molecule has 100 valence electrons. The summed E-state index contributed by atoms with van der Waals surface area (Å²) in [5.41, 5.74) is 2.16. The summed E-state index contributed by atoms with van der Waals surface area (Å²) in [6.45, 7) is 1.42. The van der Waals surface area contributed by atoms with E-state index in [0.29, 0.717) is 13.2 Å². The van der Waals surface area contributed by atoms with Gasteiger partial charge in [-0.05, 0) is 11.1 Å². The van der Waals surface area contributed by atoms with Crippen LogP contribution in [0.15, 0.2) is 24.3 Å². The number of aliphatic hydroxyl groups excluding tert-OH is 1. The van der Waals surface area contributed by atoms with Crippen LogP contribution in [0.5, 0.6) is 0 Å². The number of benzene rings is 1. The third-order valence-corrected chi connectivity index (χ3v) is 2.42. The van der Waals surface area contributed by atoms with Crippen LogP contribution in [-0.2, 0) is 22.7 Å². The van der Waals surface area contributed by atoms with Crippen molar-refractivity contribution in [3.05, 3.63) is 35.4 Å². The SMILES string of the molecule is COCc1cccc(CNCC(O)CC(=O)O)c1. The second-order valence-electron chi connectivity index (χ2n) is 4.14. The smallest absolute Gasteiger partial charge is 0.306 e. The zero-order valence-electron chi connectivity index (χ0n) is 10.4. The number of rotatable bonds is 8. The maximum Gasteiger partial charge on any atom is 0.306 e. The predicted molar refractivity (Wildman–Crippen MR) is 67.1 cm³/mol. The molecule has 1 unspecified atom stereocenters. The van der Waals surface area contributed by atoms with Crippen molar-refractivity contribution in [3.8, 4) is 0 Å². The number of ether oxygens (including phenoxy) is 1. The minimum Gasteiger partial charge on any atom is -0.481 e. The molecule has 1 rings (SSSR count). The van der Waals surface area contributed by atoms with E-state index in [2.05, 4.69) is 5.32 Å². The van der Waals surface area contributed by atoms with Gasteiger partial charge in [0, 0.05) is 20.2 Å². The molecule has 0 aliphatic heterocycles. The van der Waals surface area contributed by atoms with Gasteiger partial charge in [-0.3, -0.25) is 4.79 Å². The van der Waals surface area contributed by atoms with Crippen LogP contribution in [0.1, 0.15) is 17.5 Å². The van der Waals surface area contributed by atoms with E-state index in [4.69, 9.17) is 9.84 Å². The van der Waals surface area contributed by atoms with Gasteiger partial charge in [0.1, 0.15) is 0 Å². The van der Waals surface area contributed by atoms with Gasteiger partial charge in [0.25, 0.3) is 0 Å². The molecule has 1 aromatic rings. The fourth-order valence-corrected chi connectivity index (χ4v) is 1.65. The first-order chi connectivity index (χ1) is 8.61. The Morgan fingerprint density at radius 2 is 2.17 bits per heavy atom. The summed E-state index contributed by atoms with van der Waals surface area (Å²) >= 11 is 0. The summed E-state index contributed by atoms with van der Waals surface area (Å²) in [6.07, 6.45) is -1.10. The van der Waals surface area contributed by atoms with E-state index in [0.717, 1.165) is 11.1 Å². The van der Waals surface area contributed by atoms with Crippen molar-refractivity contribution >= 4 is 5.97 Å². The van der Waals surface area contributed by atoms with Crippen LogP contribution in [-0.4, -0.2) is 35.9 Å². The normalized spacial score (nSPS) is 12.3. The van der Waals surface area contributed by atoms with Crippen molar-refractivity contribution in [2.75, 3.05) is 13.7 Å². The molecule has 0 fully saturated rings. The second kappa shape index (κ2) is 7.81. The van der Waals surface area contributed by atoms with Crippen LogP contribution in [0.2, 0.25) is 0 Å². The maximum atomic E-state index is 10.4. The number of aliphatic hydroxyl groups is 1. The third-order valence-electron chi connectivity index (χ3n) is 2.42. The van der Waals surface area contributed by atoms with Gasteiger partial charge >= 0.3 is 5.97 Å². The Balaban J connectivity index is 2.34. The molecule has 0 radical (unpaired) electrons. The van der Waals surface area contributed by atoms with Crippen molar-refractivity contribution < 1.29 is 19.7 Å². The van der Waals surface area contributed by atoms with Crippen molar-refractivity contribution in [1.82, 2.24) is 5.32 Å². The summed E-state index contributed by atoms with van der Waals surface area (Å²) in [6, 6.07) is 7.90. The summed E-state index contributed by atoms with van der Waals surface area (Å²) < 4.78 is 5.04. The quantitative estimate of drug-likeness (QED) is 0.637. The molecule has 5 heteroatoms. The number of aliphatic carboxylic acids is 1. The maximum absolute atomic E-state index is 10.4. The molecule has 1 atom stereocenters. The van der Waals surface area contributed by atoms with Gasteiger partial charge in [0.05, 0.1) is 19.1 Å². The molecule has 1 aromatic carbocycles. The summed E-state index contributed by atoms with van der Waals surface area (Å²) in [7, 11) is 1.65. The Morgan fingerprint density at radius 1 is 1.44 bits per heavy atom. The minimum atomic E-state index is -0.994. The molecule has 0 heterocycles. The first-order valence-electron chi connectivity index (χ1n) is 5.79. The Kier molecular flexibility index (Phi) is 6.35. The minimum absolute atomic E-state index is 0.239. The molecule has 0 spiro atoms. The Bertz CT molecular complexity index is 381. The van der Waals surface area contributed by atoms with Crippen molar-refractivity contribution in [3.63, 3.8) is 0 Å². The number of hydrogen-bond donors (Lipinski definition) is 3. The topological polar surface area (TPSA) is 78.8 Å². The number of methoxy groups -OCH3 is 1. The number of carboxylic acid groups (broad SMARTS) is 1. The molecule has 0 saturated carbocycles. The highest BCUT2D eigenvalue weighted by molar-refractivity contribution is 5.67. The predicted octanol–water partition coefficient (Wildman–Crippen LogP) is 0.758. The van der Waals surface area contributed by atoms with E-state index in [9.17, 15) is 9.90 Å². The average molecular weight is 253 g/mol.